The number of piperazine rings is 1. The number of aliphatic hydroxyl groups is 1. The smallest absolute Gasteiger partial charge is 0.233 e. The monoisotopic (exact) mass is 292 g/mol. The van der Waals surface area contributed by atoms with Gasteiger partial charge < -0.3 is 10.0 Å². The molecule has 1 aromatic carbocycles. The van der Waals surface area contributed by atoms with Crippen LogP contribution in [-0.2, 0) is 10.2 Å². The van der Waals surface area contributed by atoms with Crippen LogP contribution < -0.4 is 0 Å². The lowest BCUT2D eigenvalue weighted by molar-refractivity contribution is -0.135. The molecular weight excluding hydrogens is 271 g/mol. The fourth-order valence-electron chi connectivity index (χ4n) is 3.14. The number of rotatable bonds is 4. The van der Waals surface area contributed by atoms with Crippen molar-refractivity contribution in [2.24, 2.45) is 0 Å². The molecule has 1 aliphatic carbocycles. The van der Waals surface area contributed by atoms with Crippen molar-refractivity contribution < 1.29 is 14.3 Å². The number of hydrogen-bond donors (Lipinski definition) is 1. The maximum Gasteiger partial charge on any atom is 0.233 e. The van der Waals surface area contributed by atoms with Crippen molar-refractivity contribution in [2.75, 3.05) is 39.3 Å². The van der Waals surface area contributed by atoms with E-state index < -0.39 is 5.41 Å². The van der Waals surface area contributed by atoms with Crippen molar-refractivity contribution in [2.45, 2.75) is 18.3 Å². The minimum Gasteiger partial charge on any atom is -0.395 e. The lowest BCUT2D eigenvalue weighted by Crippen LogP contribution is -2.52. The third-order valence-electron chi connectivity index (χ3n) is 4.63. The number of carbonyl (C=O) groups excluding carboxylic acids is 1. The molecule has 1 aromatic rings. The highest BCUT2D eigenvalue weighted by Gasteiger charge is 2.53. The van der Waals surface area contributed by atoms with Gasteiger partial charge in [0.1, 0.15) is 5.82 Å². The summed E-state index contributed by atoms with van der Waals surface area (Å²) in [6, 6.07) is 6.34. The number of benzene rings is 1. The van der Waals surface area contributed by atoms with E-state index in [1.165, 1.54) is 12.1 Å². The van der Waals surface area contributed by atoms with Crippen molar-refractivity contribution in [3.63, 3.8) is 0 Å². The number of hydrogen-bond acceptors (Lipinski definition) is 3. The van der Waals surface area contributed by atoms with Crippen LogP contribution in [-0.4, -0.2) is 60.1 Å². The van der Waals surface area contributed by atoms with Crippen LogP contribution in [0.1, 0.15) is 18.4 Å². The Balaban J connectivity index is 1.67. The maximum absolute atomic E-state index is 13.0. The van der Waals surface area contributed by atoms with Gasteiger partial charge in [0, 0.05) is 32.7 Å². The first-order valence-electron chi connectivity index (χ1n) is 7.54. The van der Waals surface area contributed by atoms with Gasteiger partial charge in [-0.05, 0) is 30.5 Å². The molecule has 2 aliphatic rings. The van der Waals surface area contributed by atoms with E-state index in [2.05, 4.69) is 4.90 Å². The van der Waals surface area contributed by atoms with E-state index in [1.807, 2.05) is 4.90 Å². The van der Waals surface area contributed by atoms with Gasteiger partial charge in [0.15, 0.2) is 0 Å². The maximum atomic E-state index is 13.0. The van der Waals surface area contributed by atoms with Crippen molar-refractivity contribution in [1.82, 2.24) is 9.80 Å². The van der Waals surface area contributed by atoms with Crippen LogP contribution >= 0.6 is 0 Å². The normalized spacial score (nSPS) is 21.3. The second-order valence-electron chi connectivity index (χ2n) is 5.95. The Morgan fingerprint density at radius 2 is 1.76 bits per heavy atom. The van der Waals surface area contributed by atoms with E-state index >= 15 is 0 Å². The van der Waals surface area contributed by atoms with E-state index in [0.717, 1.165) is 31.5 Å². The zero-order valence-electron chi connectivity index (χ0n) is 12.1. The molecule has 0 unspecified atom stereocenters. The molecule has 114 valence electrons. The third kappa shape index (κ3) is 2.80. The number of halogens is 1. The van der Waals surface area contributed by atoms with Crippen LogP contribution in [0.5, 0.6) is 0 Å². The molecule has 1 aliphatic heterocycles. The highest BCUT2D eigenvalue weighted by Crippen LogP contribution is 2.49. The first kappa shape index (κ1) is 14.5. The number of β-amino-alcohol motifs (C(OH)–C–C–N with tert-alkyl or cyclic N) is 1. The minimum absolute atomic E-state index is 0.160. The molecule has 0 aromatic heterocycles. The van der Waals surface area contributed by atoms with Crippen LogP contribution in [0.3, 0.4) is 0 Å². The Kier molecular flexibility index (Phi) is 3.95. The Morgan fingerprint density at radius 1 is 1.14 bits per heavy atom. The highest BCUT2D eigenvalue weighted by atomic mass is 19.1. The number of aliphatic hydroxyl groups excluding tert-OH is 1. The van der Waals surface area contributed by atoms with Crippen LogP contribution in [0.4, 0.5) is 4.39 Å². The minimum atomic E-state index is -0.410. The SMILES string of the molecule is O=C(N1CCN(CCO)CC1)C1(c2ccc(F)cc2)CC1. The lowest BCUT2D eigenvalue weighted by atomic mass is 9.94. The summed E-state index contributed by atoms with van der Waals surface area (Å²) in [5.41, 5.74) is 0.527. The molecule has 1 saturated carbocycles. The molecule has 4 nitrogen and oxygen atoms in total. The largest absolute Gasteiger partial charge is 0.395 e. The van der Waals surface area contributed by atoms with Crippen molar-refractivity contribution in [3.05, 3.63) is 35.6 Å². The standard InChI is InChI=1S/C16H21FN2O2/c17-14-3-1-13(2-4-14)16(5-6-16)15(21)19-9-7-18(8-10-19)11-12-20/h1-4,20H,5-12H2. The highest BCUT2D eigenvalue weighted by molar-refractivity contribution is 5.91. The zero-order valence-corrected chi connectivity index (χ0v) is 12.1. The molecule has 0 radical (unpaired) electrons. The lowest BCUT2D eigenvalue weighted by Gasteiger charge is -2.36. The van der Waals surface area contributed by atoms with E-state index in [1.54, 1.807) is 12.1 Å². The summed E-state index contributed by atoms with van der Waals surface area (Å²) in [6.45, 7) is 3.87. The average Bonchev–Trinajstić information content (AvgIpc) is 3.30. The second-order valence-corrected chi connectivity index (χ2v) is 5.95. The van der Waals surface area contributed by atoms with E-state index in [4.69, 9.17) is 5.11 Å². The van der Waals surface area contributed by atoms with Gasteiger partial charge in [-0.15, -0.1) is 0 Å². The summed E-state index contributed by atoms with van der Waals surface area (Å²) in [5.74, 6) is -0.0858. The first-order chi connectivity index (χ1) is 10.2. The van der Waals surface area contributed by atoms with Crippen LogP contribution in [0, 0.1) is 5.82 Å². The van der Waals surface area contributed by atoms with Crippen LogP contribution in [0.2, 0.25) is 0 Å². The van der Waals surface area contributed by atoms with Crippen molar-refractivity contribution in [1.29, 1.82) is 0 Å². The van der Waals surface area contributed by atoms with Crippen molar-refractivity contribution >= 4 is 5.91 Å². The second kappa shape index (κ2) is 5.73. The summed E-state index contributed by atoms with van der Waals surface area (Å²) in [5, 5.41) is 8.95. The predicted molar refractivity (Wildman–Crippen MR) is 77.4 cm³/mol. The van der Waals surface area contributed by atoms with E-state index in [9.17, 15) is 9.18 Å². The van der Waals surface area contributed by atoms with E-state index in [-0.39, 0.29) is 18.3 Å². The molecule has 1 heterocycles. The molecule has 0 bridgehead atoms. The third-order valence-corrected chi connectivity index (χ3v) is 4.63. The quantitative estimate of drug-likeness (QED) is 0.900. The summed E-state index contributed by atoms with van der Waals surface area (Å²) in [4.78, 5) is 16.9. The van der Waals surface area contributed by atoms with Crippen LogP contribution in [0.25, 0.3) is 0 Å². The van der Waals surface area contributed by atoms with Crippen molar-refractivity contribution in [3.8, 4) is 0 Å². The Bertz CT molecular complexity index is 506. The Hall–Kier alpha value is -1.46. The fourth-order valence-corrected chi connectivity index (χ4v) is 3.14. The zero-order chi connectivity index (χ0) is 14.9. The topological polar surface area (TPSA) is 43.8 Å². The predicted octanol–water partition coefficient (Wildman–Crippen LogP) is 0.994. The average molecular weight is 292 g/mol. The van der Waals surface area contributed by atoms with Gasteiger partial charge in [-0.2, -0.15) is 0 Å². The molecule has 1 amide bonds. The van der Waals surface area contributed by atoms with Gasteiger partial charge in [-0.25, -0.2) is 4.39 Å². The Morgan fingerprint density at radius 3 is 2.29 bits per heavy atom. The number of nitrogens with zero attached hydrogens (tertiary/aromatic N) is 2. The van der Waals surface area contributed by atoms with Gasteiger partial charge in [-0.3, -0.25) is 9.69 Å². The Labute approximate surface area is 124 Å². The molecule has 0 spiro atoms. The molecule has 0 atom stereocenters. The molecular formula is C16H21FN2O2. The molecule has 3 rings (SSSR count). The summed E-state index contributed by atoms with van der Waals surface area (Å²) < 4.78 is 13.0. The summed E-state index contributed by atoms with van der Waals surface area (Å²) in [6.07, 6.45) is 1.71. The van der Waals surface area contributed by atoms with Gasteiger partial charge in [0.2, 0.25) is 5.91 Å². The van der Waals surface area contributed by atoms with Gasteiger partial charge in [0.25, 0.3) is 0 Å². The molecule has 21 heavy (non-hydrogen) atoms. The van der Waals surface area contributed by atoms with Gasteiger partial charge in [-0.1, -0.05) is 12.1 Å². The molecule has 1 saturated heterocycles. The molecule has 1 N–H and O–H groups in total. The molecule has 2 fully saturated rings. The van der Waals surface area contributed by atoms with E-state index in [0.29, 0.717) is 19.6 Å². The van der Waals surface area contributed by atoms with Gasteiger partial charge in [0.05, 0.1) is 12.0 Å². The number of carbonyl (C=O) groups is 1. The number of amides is 1. The van der Waals surface area contributed by atoms with Crippen LogP contribution in [0.15, 0.2) is 24.3 Å². The summed E-state index contributed by atoms with van der Waals surface area (Å²) in [7, 11) is 0. The first-order valence-corrected chi connectivity index (χ1v) is 7.54. The van der Waals surface area contributed by atoms with Gasteiger partial charge >= 0.3 is 0 Å². The fraction of sp³-hybridized carbons (Fsp3) is 0.562. The molecule has 5 heteroatoms. The summed E-state index contributed by atoms with van der Waals surface area (Å²) >= 11 is 0.